The maximum Gasteiger partial charge on any atom is 0.352 e. The molecule has 0 bridgehead atoms. The van der Waals surface area contributed by atoms with E-state index in [9.17, 15) is 0 Å². The van der Waals surface area contributed by atoms with Gasteiger partial charge in [0.15, 0.2) is 0 Å². The topological polar surface area (TPSA) is 16.8 Å². The lowest BCUT2D eigenvalue weighted by Crippen LogP contribution is -2.27. The molecule has 1 aromatic heterocycles. The molecule has 0 aliphatic heterocycles. The first kappa shape index (κ1) is 10.6. The smallest absolute Gasteiger partial charge is 0.0622 e. The van der Waals surface area contributed by atoms with Crippen molar-refractivity contribution >= 4 is 18.5 Å². The molecule has 0 spiro atoms. The Kier molecular flexibility index (Phi) is 2.95. The molecule has 0 saturated heterocycles. The normalized spacial score (nSPS) is 10.8. The molecule has 2 aromatic carbocycles. The zero-order valence-electron chi connectivity index (χ0n) is 9.02. The van der Waals surface area contributed by atoms with E-state index in [-0.39, 0.29) is 0 Å². The van der Waals surface area contributed by atoms with E-state index < -0.39 is 0 Å². The number of rotatable bonds is 2. The second-order valence-corrected chi connectivity index (χ2v) is 5.72. The maximum atomic E-state index is 4.63. The predicted octanol–water partition coefficient (Wildman–Crippen LogP) is 3.67. The van der Waals surface area contributed by atoms with Crippen molar-refractivity contribution in [2.24, 2.45) is 0 Å². The highest BCUT2D eigenvalue weighted by molar-refractivity contribution is 7.77. The molecule has 0 radical (unpaired) electrons. The summed E-state index contributed by atoms with van der Waals surface area (Å²) in [4.78, 5) is 0. The molecule has 3 rings (SSSR count). The summed E-state index contributed by atoms with van der Waals surface area (Å²) in [5, 5.41) is 5.71. The van der Waals surface area contributed by atoms with Gasteiger partial charge in [0.25, 0.3) is 0 Å². The van der Waals surface area contributed by atoms with Crippen LogP contribution in [0.15, 0.2) is 60.7 Å². The van der Waals surface area contributed by atoms with Crippen LogP contribution in [0.4, 0.5) is 0 Å². The van der Waals surface area contributed by atoms with E-state index in [4.69, 9.17) is 0 Å². The Labute approximate surface area is 105 Å². The van der Waals surface area contributed by atoms with Crippen LogP contribution in [0, 0.1) is 0 Å². The van der Waals surface area contributed by atoms with Crippen LogP contribution in [-0.4, -0.2) is 5.10 Å². The van der Waals surface area contributed by atoms with Crippen molar-refractivity contribution in [2.75, 3.05) is 0 Å². The summed E-state index contributed by atoms with van der Waals surface area (Å²) in [7, 11) is 2.88. The van der Waals surface area contributed by atoms with Crippen molar-refractivity contribution < 1.29 is 4.44 Å². The van der Waals surface area contributed by atoms with Gasteiger partial charge in [0.2, 0.25) is 10.7 Å². The third-order valence-corrected chi connectivity index (χ3v) is 4.67. The summed E-state index contributed by atoms with van der Waals surface area (Å²) in [6.45, 7) is 0. The number of hydrogen-bond acceptors (Lipinski definition) is 2. The van der Waals surface area contributed by atoms with Gasteiger partial charge in [0.1, 0.15) is 0 Å². The van der Waals surface area contributed by atoms with E-state index in [1.807, 2.05) is 40.8 Å². The third-order valence-electron chi connectivity index (χ3n) is 2.40. The van der Waals surface area contributed by atoms with Crippen molar-refractivity contribution in [3.05, 3.63) is 60.7 Å². The molecular weight excluding hydrogens is 247 g/mol. The summed E-state index contributed by atoms with van der Waals surface area (Å²) in [6.07, 6.45) is 0. The molecule has 0 amide bonds. The van der Waals surface area contributed by atoms with Crippen LogP contribution in [0.5, 0.6) is 0 Å². The molecule has 2 nitrogen and oxygen atoms in total. The number of para-hydroxylation sites is 1. The van der Waals surface area contributed by atoms with Crippen molar-refractivity contribution in [2.45, 2.75) is 0 Å². The van der Waals surface area contributed by atoms with E-state index in [2.05, 4.69) is 29.4 Å². The minimum absolute atomic E-state index is 1.08. The van der Waals surface area contributed by atoms with Gasteiger partial charge in [0, 0.05) is 22.8 Å². The Morgan fingerprint density at radius 3 is 2.24 bits per heavy atom. The number of aromatic nitrogens is 2. The molecule has 0 N–H and O–H groups in total. The van der Waals surface area contributed by atoms with Crippen molar-refractivity contribution in [1.29, 1.82) is 0 Å². The van der Waals surface area contributed by atoms with E-state index in [1.54, 1.807) is 10.9 Å². The molecular formula is C13H10N2PS+. The Balaban J connectivity index is 1.99. The highest BCUT2D eigenvalue weighted by Crippen LogP contribution is 2.25. The Bertz CT molecular complexity index is 554. The molecule has 82 valence electrons. The van der Waals surface area contributed by atoms with Crippen LogP contribution in [0.3, 0.4) is 0 Å². The molecule has 0 aliphatic rings. The lowest BCUT2D eigenvalue weighted by atomic mass is 10.2. The number of benzene rings is 2. The zero-order valence-corrected chi connectivity index (χ0v) is 10.7. The average Bonchev–Trinajstić information content (AvgIpc) is 2.90. The fourth-order valence-corrected chi connectivity index (χ4v) is 3.77. The van der Waals surface area contributed by atoms with Gasteiger partial charge in [-0.05, 0) is 15.4 Å². The van der Waals surface area contributed by atoms with Crippen LogP contribution >= 0.6 is 18.5 Å². The second-order valence-electron chi connectivity index (χ2n) is 3.57. The highest BCUT2D eigenvalue weighted by atomic mass is 32.5. The minimum Gasteiger partial charge on any atom is -0.0622 e. The molecule has 1 heterocycles. The van der Waals surface area contributed by atoms with Gasteiger partial charge in [-0.1, -0.05) is 48.5 Å². The molecule has 0 saturated carbocycles. The summed E-state index contributed by atoms with van der Waals surface area (Å²) < 4.78 is 2.01. The van der Waals surface area contributed by atoms with Gasteiger partial charge in [0.05, 0.1) is 0 Å². The quantitative estimate of drug-likeness (QED) is 0.684. The Morgan fingerprint density at radius 1 is 0.882 bits per heavy atom. The molecule has 0 unspecified atom stereocenters. The predicted molar refractivity (Wildman–Crippen MR) is 71.6 cm³/mol. The van der Waals surface area contributed by atoms with Gasteiger partial charge in [-0.25, -0.2) is 0 Å². The maximum absolute atomic E-state index is 4.63. The monoisotopic (exact) mass is 257 g/mol. The van der Waals surface area contributed by atoms with Gasteiger partial charge in [-0.15, -0.1) is 0 Å². The van der Waals surface area contributed by atoms with Gasteiger partial charge >= 0.3 is 7.53 Å². The number of nitrogens with zero attached hydrogens (tertiary/aromatic N) is 2. The SMILES string of the molecule is c1ccc(-c2n[n+](-c3ccccc3)ps2)cc1. The molecule has 0 aliphatic carbocycles. The highest BCUT2D eigenvalue weighted by Gasteiger charge is 2.14. The first-order valence-corrected chi connectivity index (χ1v) is 7.57. The summed E-state index contributed by atoms with van der Waals surface area (Å²) in [6, 6.07) is 20.5. The summed E-state index contributed by atoms with van der Waals surface area (Å²) in [5.74, 6) is 0. The largest absolute Gasteiger partial charge is 0.352 e. The van der Waals surface area contributed by atoms with Crippen LogP contribution in [-0.2, 0) is 0 Å². The van der Waals surface area contributed by atoms with Crippen LogP contribution in [0.1, 0.15) is 0 Å². The molecule has 0 fully saturated rings. The van der Waals surface area contributed by atoms with E-state index >= 15 is 0 Å². The molecule has 0 atom stereocenters. The van der Waals surface area contributed by atoms with Crippen molar-refractivity contribution in [1.82, 2.24) is 5.10 Å². The lowest BCUT2D eigenvalue weighted by molar-refractivity contribution is -0.584. The third kappa shape index (κ3) is 2.26. The summed E-state index contributed by atoms with van der Waals surface area (Å²) >= 11 is 0. The van der Waals surface area contributed by atoms with Crippen LogP contribution < -0.4 is 4.44 Å². The average molecular weight is 257 g/mol. The van der Waals surface area contributed by atoms with E-state index in [0.29, 0.717) is 0 Å². The first-order chi connectivity index (χ1) is 8.43. The van der Waals surface area contributed by atoms with Gasteiger partial charge in [-0.2, -0.15) is 0 Å². The Hall–Kier alpha value is -1.57. The summed E-state index contributed by atoms with van der Waals surface area (Å²) in [5.41, 5.74) is 2.32. The zero-order chi connectivity index (χ0) is 11.5. The minimum atomic E-state index is 1.08. The second kappa shape index (κ2) is 4.74. The molecule has 3 aromatic rings. The van der Waals surface area contributed by atoms with Gasteiger partial charge < -0.3 is 0 Å². The van der Waals surface area contributed by atoms with Crippen LogP contribution in [0.2, 0.25) is 0 Å². The number of hydrogen-bond donors (Lipinski definition) is 0. The van der Waals surface area contributed by atoms with Crippen molar-refractivity contribution in [3.8, 4) is 16.3 Å². The van der Waals surface area contributed by atoms with E-state index in [0.717, 1.165) is 18.2 Å². The lowest BCUT2D eigenvalue weighted by Gasteiger charge is -1.89. The van der Waals surface area contributed by atoms with E-state index in [1.165, 1.54) is 5.56 Å². The fraction of sp³-hybridized carbons (Fsp3) is 0. The molecule has 4 heteroatoms. The Morgan fingerprint density at radius 2 is 1.53 bits per heavy atom. The van der Waals surface area contributed by atoms with Crippen LogP contribution in [0.25, 0.3) is 16.3 Å². The standard InChI is InChI=1S/C13H10N2PS/c1-3-7-11(8-4-1)13-14-15(16-17-13)12-9-5-2-6-10-12/h1-10H/q+1. The van der Waals surface area contributed by atoms with Crippen molar-refractivity contribution in [3.63, 3.8) is 0 Å². The molecule has 17 heavy (non-hydrogen) atoms. The first-order valence-electron chi connectivity index (χ1n) is 5.31. The fourth-order valence-electron chi connectivity index (χ4n) is 1.56. The van der Waals surface area contributed by atoms with Gasteiger partial charge in [-0.3, -0.25) is 0 Å².